The third-order valence-corrected chi connectivity index (χ3v) is 14.5. The molecule has 0 aliphatic rings. The summed E-state index contributed by atoms with van der Waals surface area (Å²) >= 11 is 0. The highest BCUT2D eigenvalue weighted by Crippen LogP contribution is 2.43. The first kappa shape index (κ1) is 69.2. The molecule has 9 nitrogen and oxygen atoms in total. The van der Waals surface area contributed by atoms with Crippen LogP contribution in [0, 0.1) is 0 Å². The fourth-order valence-electron chi connectivity index (χ4n) is 8.81. The second-order valence-electron chi connectivity index (χ2n) is 21.9. The summed E-state index contributed by atoms with van der Waals surface area (Å²) in [6, 6.07) is -0.852. The SMILES string of the molecule is CCCCCCCC/C=C\CCCCCC(=O)OC(/C=C\CCCCCCCCCCCCC)C(COP(=O)(O)OCC[N+](C)(C)C)NC(=O)CCCCCCCCCCC/C=C/CCCCCCCC. The van der Waals surface area contributed by atoms with E-state index in [9.17, 15) is 19.0 Å². The summed E-state index contributed by atoms with van der Waals surface area (Å²) in [4.78, 5) is 37.6. The highest BCUT2D eigenvalue weighted by Gasteiger charge is 2.30. The maximum Gasteiger partial charge on any atom is 0.472 e. The van der Waals surface area contributed by atoms with Gasteiger partial charge in [0.25, 0.3) is 0 Å². The number of carbonyl (C=O) groups is 2. The maximum absolute atomic E-state index is 13.5. The molecule has 0 aromatic heterocycles. The number of unbranched alkanes of at least 4 members (excludes halogenated alkanes) is 35. The van der Waals surface area contributed by atoms with Crippen LogP contribution in [-0.4, -0.2) is 74.3 Å². The average Bonchev–Trinajstić information content (AvgIpc) is 3.33. The molecule has 10 heteroatoms. The number of amides is 1. The molecule has 2 N–H and O–H groups in total. The van der Waals surface area contributed by atoms with E-state index in [0.29, 0.717) is 17.4 Å². The zero-order valence-corrected chi connectivity index (χ0v) is 48.6. The number of quaternary nitrogens is 1. The molecule has 0 fully saturated rings. The summed E-state index contributed by atoms with van der Waals surface area (Å²) in [5, 5.41) is 3.05. The second-order valence-corrected chi connectivity index (χ2v) is 23.3. The van der Waals surface area contributed by atoms with E-state index in [1.807, 2.05) is 33.3 Å². The van der Waals surface area contributed by atoms with Gasteiger partial charge in [0.15, 0.2) is 0 Å². The predicted octanol–water partition coefficient (Wildman–Crippen LogP) is 18.3. The number of phosphoric ester groups is 1. The molecule has 0 aromatic carbocycles. The van der Waals surface area contributed by atoms with Crippen molar-refractivity contribution in [1.29, 1.82) is 0 Å². The number of ether oxygens (including phenoxy) is 1. The van der Waals surface area contributed by atoms with Crippen LogP contribution in [0.5, 0.6) is 0 Å². The van der Waals surface area contributed by atoms with Crippen molar-refractivity contribution in [3.8, 4) is 0 Å². The molecule has 418 valence electrons. The van der Waals surface area contributed by atoms with E-state index in [-0.39, 0.29) is 31.5 Å². The van der Waals surface area contributed by atoms with Crippen LogP contribution in [0.15, 0.2) is 36.5 Å². The molecule has 71 heavy (non-hydrogen) atoms. The van der Waals surface area contributed by atoms with Gasteiger partial charge in [-0.3, -0.25) is 18.6 Å². The highest BCUT2D eigenvalue weighted by atomic mass is 31.2. The van der Waals surface area contributed by atoms with Crippen LogP contribution >= 0.6 is 7.82 Å². The van der Waals surface area contributed by atoms with Gasteiger partial charge < -0.3 is 19.4 Å². The van der Waals surface area contributed by atoms with Crippen LogP contribution in [-0.2, 0) is 27.9 Å². The zero-order valence-electron chi connectivity index (χ0n) is 47.7. The Kier molecular flexibility index (Phi) is 50.4. The van der Waals surface area contributed by atoms with Crippen LogP contribution in [0.2, 0.25) is 0 Å². The van der Waals surface area contributed by atoms with Crippen molar-refractivity contribution in [2.75, 3.05) is 40.9 Å². The lowest BCUT2D eigenvalue weighted by molar-refractivity contribution is -0.870. The van der Waals surface area contributed by atoms with E-state index >= 15 is 0 Å². The van der Waals surface area contributed by atoms with Crippen LogP contribution in [0.3, 0.4) is 0 Å². The third-order valence-electron chi connectivity index (χ3n) is 13.6. The normalized spacial score (nSPS) is 14.0. The second kappa shape index (κ2) is 51.7. The first-order valence-corrected chi connectivity index (χ1v) is 31.8. The van der Waals surface area contributed by atoms with Gasteiger partial charge in [0.2, 0.25) is 5.91 Å². The molecule has 0 saturated carbocycles. The maximum atomic E-state index is 13.5. The van der Waals surface area contributed by atoms with Crippen molar-refractivity contribution in [2.24, 2.45) is 0 Å². The predicted molar refractivity (Wildman–Crippen MR) is 305 cm³/mol. The topological polar surface area (TPSA) is 111 Å². The molecule has 3 atom stereocenters. The lowest BCUT2D eigenvalue weighted by Crippen LogP contribution is -2.47. The molecule has 1 amide bonds. The number of rotatable bonds is 55. The van der Waals surface area contributed by atoms with E-state index < -0.39 is 20.0 Å². The van der Waals surface area contributed by atoms with Crippen LogP contribution in [0.4, 0.5) is 0 Å². The summed E-state index contributed by atoms with van der Waals surface area (Å²) in [6.07, 6.45) is 61.3. The smallest absolute Gasteiger partial charge is 0.456 e. The van der Waals surface area contributed by atoms with E-state index in [1.54, 1.807) is 0 Å². The average molecular weight is 1020 g/mol. The number of allylic oxidation sites excluding steroid dienone is 5. The third kappa shape index (κ3) is 52.9. The van der Waals surface area contributed by atoms with Gasteiger partial charge in [-0.2, -0.15) is 0 Å². The van der Waals surface area contributed by atoms with E-state index in [2.05, 4.69) is 50.4 Å². The molecule has 0 bridgehead atoms. The van der Waals surface area contributed by atoms with Gasteiger partial charge in [0.05, 0.1) is 33.8 Å². The molecule has 0 aromatic rings. The number of esters is 1. The number of likely N-dealkylation sites (N-methyl/N-ethyl adjacent to an activating group) is 1. The summed E-state index contributed by atoms with van der Waals surface area (Å²) in [5.74, 6) is -0.517. The van der Waals surface area contributed by atoms with Gasteiger partial charge >= 0.3 is 13.8 Å². The van der Waals surface area contributed by atoms with Crippen LogP contribution < -0.4 is 5.32 Å². The number of nitrogens with zero attached hydrogens (tertiary/aromatic N) is 1. The van der Waals surface area contributed by atoms with Gasteiger partial charge in [-0.05, 0) is 83.1 Å². The molecular weight excluding hydrogens is 904 g/mol. The number of hydrogen-bond acceptors (Lipinski definition) is 6. The zero-order chi connectivity index (χ0) is 52.2. The van der Waals surface area contributed by atoms with Crippen molar-refractivity contribution in [3.05, 3.63) is 36.5 Å². The number of nitrogens with one attached hydrogen (secondary N) is 1. The molecule has 0 spiro atoms. The lowest BCUT2D eigenvalue weighted by atomic mass is 10.0. The van der Waals surface area contributed by atoms with Crippen molar-refractivity contribution >= 4 is 19.7 Å². The summed E-state index contributed by atoms with van der Waals surface area (Å²) in [5.41, 5.74) is 0. The van der Waals surface area contributed by atoms with Gasteiger partial charge in [0.1, 0.15) is 19.3 Å². The number of hydrogen-bond donors (Lipinski definition) is 2. The van der Waals surface area contributed by atoms with E-state index in [0.717, 1.165) is 70.6 Å². The summed E-state index contributed by atoms with van der Waals surface area (Å²) in [7, 11) is 1.50. The highest BCUT2D eigenvalue weighted by molar-refractivity contribution is 7.47. The summed E-state index contributed by atoms with van der Waals surface area (Å²) < 4.78 is 30.6. The van der Waals surface area contributed by atoms with Crippen molar-refractivity contribution < 1.29 is 37.3 Å². The quantitative estimate of drug-likeness (QED) is 0.0205. The Morgan fingerprint density at radius 1 is 0.479 bits per heavy atom. The minimum atomic E-state index is -4.45. The van der Waals surface area contributed by atoms with E-state index in [4.69, 9.17) is 13.8 Å². The van der Waals surface area contributed by atoms with Gasteiger partial charge in [-0.15, -0.1) is 0 Å². The number of carbonyl (C=O) groups excluding carboxylic acids is 2. The molecule has 0 aliphatic carbocycles. The Morgan fingerprint density at radius 2 is 0.817 bits per heavy atom. The fourth-order valence-corrected chi connectivity index (χ4v) is 9.55. The molecular formula is C61H118N2O7P+. The molecule has 0 aliphatic heterocycles. The Labute approximate surface area is 440 Å². The molecule has 3 unspecified atom stereocenters. The van der Waals surface area contributed by atoms with Crippen molar-refractivity contribution in [1.82, 2.24) is 5.32 Å². The standard InChI is InChI=1S/C61H117N2O7P/c1-7-10-13-16-19-22-25-28-29-30-31-32-33-36-38-41-44-47-50-53-60(64)62-58(57-69-71(66,67)68-56-55-63(4,5)6)59(52-49-46-43-40-37-34-26-23-20-17-14-11-8-2)70-61(65)54-51-48-45-42-39-35-27-24-21-18-15-12-9-3/h28-29,35,39,49,52,58-59H,7-27,30-34,36-38,40-48,50-51,53-57H2,1-6H3,(H-,62,64,66,67)/p+1/b29-28+,39-35-,52-49-. The molecule has 0 saturated heterocycles. The molecule has 0 rings (SSSR count). The van der Waals surface area contributed by atoms with E-state index in [1.165, 1.54) is 186 Å². The Morgan fingerprint density at radius 3 is 1.21 bits per heavy atom. The molecule has 0 radical (unpaired) electrons. The van der Waals surface area contributed by atoms with Gasteiger partial charge in [-0.1, -0.05) is 231 Å². The van der Waals surface area contributed by atoms with Crippen LogP contribution in [0.25, 0.3) is 0 Å². The monoisotopic (exact) mass is 1020 g/mol. The first-order valence-electron chi connectivity index (χ1n) is 30.3. The minimum Gasteiger partial charge on any atom is -0.456 e. The van der Waals surface area contributed by atoms with Gasteiger partial charge in [-0.25, -0.2) is 4.57 Å². The first-order chi connectivity index (χ1) is 34.4. The Balaban J connectivity index is 5.29. The Hall–Kier alpha value is -1.77. The van der Waals surface area contributed by atoms with Crippen molar-refractivity contribution in [2.45, 2.75) is 303 Å². The summed E-state index contributed by atoms with van der Waals surface area (Å²) in [6.45, 7) is 7.01. The lowest BCUT2D eigenvalue weighted by Gasteiger charge is -2.27. The Bertz CT molecular complexity index is 1310. The van der Waals surface area contributed by atoms with Crippen LogP contribution in [0.1, 0.15) is 290 Å². The van der Waals surface area contributed by atoms with Crippen molar-refractivity contribution in [3.63, 3.8) is 0 Å². The minimum absolute atomic E-state index is 0.0392. The fraction of sp³-hybridized carbons (Fsp3) is 0.869. The number of phosphoric acid groups is 1. The largest absolute Gasteiger partial charge is 0.472 e. The molecule has 0 heterocycles. The van der Waals surface area contributed by atoms with Gasteiger partial charge in [0, 0.05) is 12.8 Å².